The minimum atomic E-state index is -0.361. The summed E-state index contributed by atoms with van der Waals surface area (Å²) in [5.41, 5.74) is 6.25. The van der Waals surface area contributed by atoms with Gasteiger partial charge in [-0.1, -0.05) is 25.2 Å². The van der Waals surface area contributed by atoms with E-state index in [2.05, 4.69) is 5.32 Å². The highest BCUT2D eigenvalue weighted by molar-refractivity contribution is 7.09. The Bertz CT molecular complexity index is 492. The van der Waals surface area contributed by atoms with E-state index < -0.39 is 0 Å². The molecule has 5 nitrogen and oxygen atoms in total. The van der Waals surface area contributed by atoms with Gasteiger partial charge in [0.15, 0.2) is 0 Å². The Labute approximate surface area is 117 Å². The largest absolute Gasteiger partial charge is 0.348 e. The smallest absolute Gasteiger partial charge is 0.308 e. The molecular weight excluding hydrogens is 262 g/mol. The first-order valence-corrected chi connectivity index (χ1v) is 7.38. The van der Waals surface area contributed by atoms with Gasteiger partial charge < -0.3 is 11.1 Å². The highest BCUT2D eigenvalue weighted by Crippen LogP contribution is 2.14. The molecule has 1 aromatic rings. The van der Waals surface area contributed by atoms with Crippen molar-refractivity contribution in [3.63, 3.8) is 0 Å². The van der Waals surface area contributed by atoms with Gasteiger partial charge in [-0.15, -0.1) is 0 Å². The van der Waals surface area contributed by atoms with Crippen molar-refractivity contribution in [2.45, 2.75) is 52.6 Å². The number of carbonyl (C=O) groups excluding carboxylic acids is 1. The van der Waals surface area contributed by atoms with E-state index in [1.54, 1.807) is 0 Å². The van der Waals surface area contributed by atoms with Gasteiger partial charge in [-0.3, -0.25) is 14.2 Å². The average molecular weight is 285 g/mol. The van der Waals surface area contributed by atoms with Crippen LogP contribution in [0.15, 0.2) is 4.79 Å². The molecule has 0 aliphatic heterocycles. The van der Waals surface area contributed by atoms with Gasteiger partial charge in [0.1, 0.15) is 6.54 Å². The molecule has 0 radical (unpaired) electrons. The number of rotatable bonds is 6. The second kappa shape index (κ2) is 6.34. The van der Waals surface area contributed by atoms with E-state index in [0.717, 1.165) is 23.4 Å². The minimum absolute atomic E-state index is 0.0662. The quantitative estimate of drug-likeness (QED) is 0.823. The third-order valence-electron chi connectivity index (χ3n) is 3.83. The molecule has 0 aliphatic rings. The molecule has 1 aromatic heterocycles. The van der Waals surface area contributed by atoms with E-state index in [-0.39, 0.29) is 22.9 Å². The number of thiazole rings is 1. The standard InChI is InChI=1S/C13H23N3O2S/c1-5-13(6-2,8-14)15-11(17)7-16-9(3)10(4)19-12(16)18/h5-8,14H2,1-4H3,(H,15,17). The summed E-state index contributed by atoms with van der Waals surface area (Å²) in [5, 5.41) is 2.97. The average Bonchev–Trinajstić information content (AvgIpc) is 2.63. The summed E-state index contributed by atoms with van der Waals surface area (Å²) in [6.07, 6.45) is 1.56. The lowest BCUT2D eigenvalue weighted by atomic mass is 9.93. The summed E-state index contributed by atoms with van der Waals surface area (Å²) in [4.78, 5) is 24.7. The lowest BCUT2D eigenvalue weighted by molar-refractivity contribution is -0.123. The summed E-state index contributed by atoms with van der Waals surface area (Å²) < 4.78 is 1.52. The SMILES string of the molecule is CCC(CC)(CN)NC(=O)Cn1c(C)c(C)sc1=O. The second-order valence-electron chi connectivity index (χ2n) is 4.84. The number of amides is 1. The third-order valence-corrected chi connectivity index (χ3v) is 4.82. The van der Waals surface area contributed by atoms with Crippen molar-refractivity contribution in [2.75, 3.05) is 6.54 Å². The maximum absolute atomic E-state index is 12.1. The van der Waals surface area contributed by atoms with Gasteiger partial charge in [0.25, 0.3) is 0 Å². The van der Waals surface area contributed by atoms with Crippen LogP contribution in [0.25, 0.3) is 0 Å². The monoisotopic (exact) mass is 285 g/mol. The normalized spacial score (nSPS) is 11.6. The fraction of sp³-hybridized carbons (Fsp3) is 0.692. The molecule has 1 rings (SSSR count). The van der Waals surface area contributed by atoms with Crippen LogP contribution >= 0.6 is 11.3 Å². The van der Waals surface area contributed by atoms with E-state index in [1.807, 2.05) is 27.7 Å². The molecule has 0 bridgehead atoms. The number of carbonyl (C=O) groups is 1. The highest BCUT2D eigenvalue weighted by Gasteiger charge is 2.26. The molecule has 0 atom stereocenters. The van der Waals surface area contributed by atoms with E-state index in [0.29, 0.717) is 6.54 Å². The molecule has 0 saturated heterocycles. The third kappa shape index (κ3) is 3.45. The van der Waals surface area contributed by atoms with E-state index in [4.69, 9.17) is 5.73 Å². The summed E-state index contributed by atoms with van der Waals surface area (Å²) in [6, 6.07) is 0. The van der Waals surface area contributed by atoms with Gasteiger partial charge >= 0.3 is 4.87 Å². The van der Waals surface area contributed by atoms with Gasteiger partial charge in [-0.25, -0.2) is 0 Å². The molecule has 0 unspecified atom stereocenters. The van der Waals surface area contributed by atoms with Crippen LogP contribution in [0.1, 0.15) is 37.3 Å². The molecule has 0 fully saturated rings. The van der Waals surface area contributed by atoms with Crippen molar-refractivity contribution >= 4 is 17.2 Å². The van der Waals surface area contributed by atoms with E-state index >= 15 is 0 Å². The minimum Gasteiger partial charge on any atom is -0.348 e. The molecule has 3 N–H and O–H groups in total. The number of hydrogen-bond acceptors (Lipinski definition) is 4. The topological polar surface area (TPSA) is 77.1 Å². The first kappa shape index (κ1) is 15.9. The van der Waals surface area contributed by atoms with Crippen LogP contribution in [0.2, 0.25) is 0 Å². The zero-order chi connectivity index (χ0) is 14.6. The molecule has 1 amide bonds. The predicted molar refractivity (Wildman–Crippen MR) is 78.6 cm³/mol. The molecule has 19 heavy (non-hydrogen) atoms. The number of nitrogens with zero attached hydrogens (tertiary/aromatic N) is 1. The Hall–Kier alpha value is -1.14. The van der Waals surface area contributed by atoms with Crippen molar-refractivity contribution in [1.29, 1.82) is 0 Å². The summed E-state index contributed by atoms with van der Waals surface area (Å²) in [7, 11) is 0. The Morgan fingerprint density at radius 1 is 1.37 bits per heavy atom. The van der Waals surface area contributed by atoms with Crippen molar-refractivity contribution < 1.29 is 4.79 Å². The first-order chi connectivity index (χ1) is 8.89. The van der Waals surface area contributed by atoms with Crippen LogP contribution in [0, 0.1) is 13.8 Å². The highest BCUT2D eigenvalue weighted by atomic mass is 32.1. The van der Waals surface area contributed by atoms with Crippen LogP contribution in [0.3, 0.4) is 0 Å². The Balaban J connectivity index is 2.83. The van der Waals surface area contributed by atoms with Crippen LogP contribution in [0.4, 0.5) is 0 Å². The number of aryl methyl sites for hydroxylation is 1. The zero-order valence-corrected chi connectivity index (χ0v) is 12.9. The molecule has 0 aliphatic carbocycles. The maximum Gasteiger partial charge on any atom is 0.308 e. The molecule has 0 saturated carbocycles. The fourth-order valence-corrected chi connectivity index (χ4v) is 2.85. The van der Waals surface area contributed by atoms with Crippen LogP contribution in [-0.4, -0.2) is 22.6 Å². The Morgan fingerprint density at radius 3 is 2.32 bits per heavy atom. The molecule has 0 spiro atoms. The fourth-order valence-electron chi connectivity index (χ4n) is 2.02. The number of nitrogens with two attached hydrogens (primary N) is 1. The van der Waals surface area contributed by atoms with Crippen molar-refractivity contribution in [2.24, 2.45) is 5.73 Å². The van der Waals surface area contributed by atoms with Gasteiger partial charge in [-0.2, -0.15) is 0 Å². The molecule has 0 aromatic carbocycles. The van der Waals surface area contributed by atoms with Gasteiger partial charge in [0.05, 0.1) is 5.54 Å². The van der Waals surface area contributed by atoms with E-state index in [9.17, 15) is 9.59 Å². The Kier molecular flexibility index (Phi) is 5.31. The van der Waals surface area contributed by atoms with Crippen molar-refractivity contribution in [1.82, 2.24) is 9.88 Å². The van der Waals surface area contributed by atoms with Crippen LogP contribution in [0.5, 0.6) is 0 Å². The van der Waals surface area contributed by atoms with Crippen molar-refractivity contribution in [3.05, 3.63) is 20.2 Å². The lowest BCUT2D eigenvalue weighted by Gasteiger charge is -2.31. The molecule has 108 valence electrons. The Morgan fingerprint density at radius 2 is 1.95 bits per heavy atom. The number of nitrogens with one attached hydrogen (secondary N) is 1. The molecular formula is C13H23N3O2S. The van der Waals surface area contributed by atoms with Crippen molar-refractivity contribution in [3.8, 4) is 0 Å². The van der Waals surface area contributed by atoms with E-state index in [1.165, 1.54) is 15.9 Å². The summed E-state index contributed by atoms with van der Waals surface area (Å²) >= 11 is 1.18. The number of aromatic nitrogens is 1. The first-order valence-electron chi connectivity index (χ1n) is 6.57. The zero-order valence-electron chi connectivity index (χ0n) is 12.1. The predicted octanol–water partition coefficient (Wildman–Crippen LogP) is 1.16. The molecule has 1 heterocycles. The van der Waals surface area contributed by atoms with Crippen LogP contribution < -0.4 is 15.9 Å². The number of hydrogen-bond donors (Lipinski definition) is 2. The summed E-state index contributed by atoms with van der Waals surface area (Å²) in [6.45, 7) is 8.22. The van der Waals surface area contributed by atoms with Gasteiger partial charge in [0, 0.05) is 17.1 Å². The summed E-state index contributed by atoms with van der Waals surface area (Å²) in [5.74, 6) is -0.155. The van der Waals surface area contributed by atoms with Gasteiger partial charge in [0.2, 0.25) is 5.91 Å². The van der Waals surface area contributed by atoms with Gasteiger partial charge in [-0.05, 0) is 26.7 Å². The lowest BCUT2D eigenvalue weighted by Crippen LogP contribution is -2.54. The molecule has 6 heteroatoms. The second-order valence-corrected chi connectivity index (χ2v) is 6.00. The maximum atomic E-state index is 12.1. The van der Waals surface area contributed by atoms with Crippen LogP contribution in [-0.2, 0) is 11.3 Å².